The molecule has 0 aromatic carbocycles. The normalized spacial score (nSPS) is 40.4. The minimum Gasteiger partial charge on any atom is -0.459 e. The predicted octanol–water partition coefficient (Wildman–Crippen LogP) is 2.90. The van der Waals surface area contributed by atoms with Gasteiger partial charge in [-0.2, -0.15) is 0 Å². The molecule has 0 saturated heterocycles. The van der Waals surface area contributed by atoms with E-state index in [0.717, 1.165) is 5.57 Å². The summed E-state index contributed by atoms with van der Waals surface area (Å²) in [5.74, 6) is -1.30. The van der Waals surface area contributed by atoms with Crippen LogP contribution >= 0.6 is 0 Å². The van der Waals surface area contributed by atoms with E-state index in [2.05, 4.69) is 6.58 Å². The Morgan fingerprint density at radius 3 is 2.76 bits per heavy atom. The number of allylic oxidation sites excluding steroid dienone is 2. The Bertz CT molecular complexity index is 697. The first kappa shape index (κ1) is 18.0. The number of carbonyl (C=O) groups excluding carboxylic acids is 1. The molecule has 3 rings (SSSR count). The Balaban J connectivity index is 1.97. The number of fused-ring (bicyclic) bond motifs is 3. The Kier molecular flexibility index (Phi) is 4.41. The molecule has 0 spiro atoms. The van der Waals surface area contributed by atoms with E-state index in [9.17, 15) is 15.0 Å². The van der Waals surface area contributed by atoms with Crippen molar-refractivity contribution in [1.82, 2.24) is 0 Å². The summed E-state index contributed by atoms with van der Waals surface area (Å²) in [4.78, 5) is 12.1. The van der Waals surface area contributed by atoms with Gasteiger partial charge in [0.2, 0.25) is 5.79 Å². The molecule has 2 unspecified atom stereocenters. The van der Waals surface area contributed by atoms with E-state index in [1.807, 2.05) is 13.8 Å². The highest BCUT2D eigenvalue weighted by Gasteiger charge is 2.41. The van der Waals surface area contributed by atoms with Gasteiger partial charge in [0, 0.05) is 24.0 Å². The first-order chi connectivity index (χ1) is 11.6. The average molecular weight is 346 g/mol. The van der Waals surface area contributed by atoms with E-state index in [1.54, 1.807) is 25.2 Å². The molecule has 4 atom stereocenters. The molecule has 0 aromatic rings. The van der Waals surface area contributed by atoms with Gasteiger partial charge < -0.3 is 19.7 Å². The van der Waals surface area contributed by atoms with Crippen molar-refractivity contribution in [1.29, 1.82) is 0 Å². The van der Waals surface area contributed by atoms with E-state index in [4.69, 9.17) is 9.47 Å². The van der Waals surface area contributed by atoms with Crippen LogP contribution in [-0.2, 0) is 14.3 Å². The summed E-state index contributed by atoms with van der Waals surface area (Å²) in [6.07, 6.45) is 6.49. The van der Waals surface area contributed by atoms with E-state index in [1.165, 1.54) is 0 Å². The lowest BCUT2D eigenvalue weighted by Crippen LogP contribution is -2.33. The fraction of sp³-hybridized carbons (Fsp3) is 0.550. The largest absolute Gasteiger partial charge is 0.459 e. The monoisotopic (exact) mass is 346 g/mol. The standard InChI is InChI=1S/C20H26O5/c1-12(2)15-6-5-14-8-16(24-18(14)21)10-19(4,22)11-17-7-13(3)20(23,9-15)25-17/h7-8,11,15-16,22-23H,1,5-6,9-10H2,2-4H3/b17-11-/t15-,16-,19?,20?/m1/s1. The highest BCUT2D eigenvalue weighted by molar-refractivity contribution is 5.90. The summed E-state index contributed by atoms with van der Waals surface area (Å²) >= 11 is 0. The molecule has 0 amide bonds. The zero-order valence-corrected chi connectivity index (χ0v) is 15.0. The second kappa shape index (κ2) is 6.15. The highest BCUT2D eigenvalue weighted by atomic mass is 16.6. The van der Waals surface area contributed by atoms with Gasteiger partial charge in [0.15, 0.2) is 0 Å². The van der Waals surface area contributed by atoms with Crippen LogP contribution < -0.4 is 0 Å². The van der Waals surface area contributed by atoms with Gasteiger partial charge in [0.25, 0.3) is 0 Å². The second-order valence-corrected chi connectivity index (χ2v) is 7.74. The van der Waals surface area contributed by atoms with Gasteiger partial charge in [0.1, 0.15) is 11.9 Å². The molecule has 3 heterocycles. The van der Waals surface area contributed by atoms with Crippen molar-refractivity contribution >= 4 is 5.97 Å². The molecule has 25 heavy (non-hydrogen) atoms. The molecule has 4 bridgehead atoms. The molecule has 0 aromatic heterocycles. The quantitative estimate of drug-likeness (QED) is 0.564. The van der Waals surface area contributed by atoms with E-state index < -0.39 is 17.5 Å². The van der Waals surface area contributed by atoms with Gasteiger partial charge in [0.05, 0.1) is 5.60 Å². The van der Waals surface area contributed by atoms with Gasteiger partial charge in [-0.25, -0.2) is 4.79 Å². The number of ether oxygens (including phenoxy) is 2. The van der Waals surface area contributed by atoms with Crippen LogP contribution in [0.25, 0.3) is 0 Å². The smallest absolute Gasteiger partial charge is 0.334 e. The van der Waals surface area contributed by atoms with Crippen molar-refractivity contribution in [3.05, 3.63) is 47.3 Å². The summed E-state index contributed by atoms with van der Waals surface area (Å²) in [6, 6.07) is 0. The minimum atomic E-state index is -1.41. The van der Waals surface area contributed by atoms with E-state index in [0.29, 0.717) is 36.2 Å². The van der Waals surface area contributed by atoms with Gasteiger partial charge in [-0.15, -0.1) is 0 Å². The average Bonchev–Trinajstić information content (AvgIpc) is 2.93. The SMILES string of the molecule is C=C(C)[C@@H]1CCC2=C[C@H](CC(C)(O)/C=C3/C=C(C)C(O)(C1)O3)OC2=O. The first-order valence-electron chi connectivity index (χ1n) is 8.70. The Labute approximate surface area is 148 Å². The van der Waals surface area contributed by atoms with Gasteiger partial charge in [-0.1, -0.05) is 12.2 Å². The molecule has 5 heteroatoms. The Morgan fingerprint density at radius 2 is 2.08 bits per heavy atom. The van der Waals surface area contributed by atoms with Crippen LogP contribution in [0.1, 0.15) is 46.5 Å². The van der Waals surface area contributed by atoms with Crippen LogP contribution in [0.3, 0.4) is 0 Å². The third-order valence-corrected chi connectivity index (χ3v) is 5.22. The van der Waals surface area contributed by atoms with Crippen molar-refractivity contribution in [3.8, 4) is 0 Å². The third-order valence-electron chi connectivity index (χ3n) is 5.22. The van der Waals surface area contributed by atoms with Crippen molar-refractivity contribution in [2.24, 2.45) is 5.92 Å². The molecule has 136 valence electrons. The van der Waals surface area contributed by atoms with E-state index >= 15 is 0 Å². The van der Waals surface area contributed by atoms with Crippen molar-refractivity contribution in [2.45, 2.75) is 63.9 Å². The number of rotatable bonds is 1. The van der Waals surface area contributed by atoms with Crippen LogP contribution in [0.4, 0.5) is 0 Å². The fourth-order valence-corrected chi connectivity index (χ4v) is 3.69. The fourth-order valence-electron chi connectivity index (χ4n) is 3.69. The first-order valence-corrected chi connectivity index (χ1v) is 8.70. The van der Waals surface area contributed by atoms with Crippen molar-refractivity contribution < 1.29 is 24.5 Å². The third kappa shape index (κ3) is 3.72. The lowest BCUT2D eigenvalue weighted by Gasteiger charge is -2.30. The molecule has 2 N–H and O–H groups in total. The summed E-state index contributed by atoms with van der Waals surface area (Å²) in [5, 5.41) is 21.6. The molecule has 0 fully saturated rings. The van der Waals surface area contributed by atoms with Crippen LogP contribution in [0.5, 0.6) is 0 Å². The molecular weight excluding hydrogens is 320 g/mol. The predicted molar refractivity (Wildman–Crippen MR) is 93.2 cm³/mol. The zero-order valence-electron chi connectivity index (χ0n) is 15.0. The van der Waals surface area contributed by atoms with Crippen LogP contribution in [0.2, 0.25) is 0 Å². The maximum atomic E-state index is 12.1. The molecule has 0 aliphatic carbocycles. The van der Waals surface area contributed by atoms with Gasteiger partial charge >= 0.3 is 5.97 Å². The molecular formula is C20H26O5. The minimum absolute atomic E-state index is 0.00159. The van der Waals surface area contributed by atoms with Crippen LogP contribution in [0.15, 0.2) is 47.3 Å². The molecule has 0 radical (unpaired) electrons. The van der Waals surface area contributed by atoms with Crippen LogP contribution in [-0.4, -0.2) is 33.7 Å². The van der Waals surface area contributed by atoms with Crippen molar-refractivity contribution in [3.63, 3.8) is 0 Å². The highest BCUT2D eigenvalue weighted by Crippen LogP contribution is 2.40. The number of hydrogen-bond acceptors (Lipinski definition) is 5. The summed E-state index contributed by atoms with van der Waals surface area (Å²) in [6.45, 7) is 9.41. The second-order valence-electron chi connectivity index (χ2n) is 7.74. The van der Waals surface area contributed by atoms with Crippen molar-refractivity contribution in [2.75, 3.05) is 0 Å². The lowest BCUT2D eigenvalue weighted by molar-refractivity contribution is -0.145. The molecule has 5 nitrogen and oxygen atoms in total. The number of carbonyl (C=O) groups is 1. The van der Waals surface area contributed by atoms with Gasteiger partial charge in [-0.3, -0.25) is 0 Å². The Morgan fingerprint density at radius 1 is 1.36 bits per heavy atom. The maximum Gasteiger partial charge on any atom is 0.334 e. The summed E-state index contributed by atoms with van der Waals surface area (Å²) in [7, 11) is 0. The Hall–Kier alpha value is -1.85. The van der Waals surface area contributed by atoms with Crippen LogP contribution in [0, 0.1) is 5.92 Å². The molecule has 0 saturated carbocycles. The summed E-state index contributed by atoms with van der Waals surface area (Å²) < 4.78 is 11.2. The molecule has 3 aliphatic heterocycles. The topological polar surface area (TPSA) is 76.0 Å². The lowest BCUT2D eigenvalue weighted by atomic mass is 9.85. The summed E-state index contributed by atoms with van der Waals surface area (Å²) in [5.41, 5.74) is 1.04. The molecule has 3 aliphatic rings. The zero-order chi connectivity index (χ0) is 18.4. The number of esters is 1. The maximum absolute atomic E-state index is 12.1. The van der Waals surface area contributed by atoms with E-state index in [-0.39, 0.29) is 18.3 Å². The number of aliphatic hydroxyl groups is 2. The van der Waals surface area contributed by atoms with Gasteiger partial charge in [-0.05, 0) is 57.8 Å². The number of hydrogen-bond donors (Lipinski definition) is 2.